The molecule has 2 unspecified atom stereocenters. The van der Waals surface area contributed by atoms with Gasteiger partial charge in [-0.05, 0) is 23.7 Å². The third-order valence-corrected chi connectivity index (χ3v) is 4.04. The number of aliphatic hydroxyl groups is 2. The van der Waals surface area contributed by atoms with Gasteiger partial charge in [0.2, 0.25) is 0 Å². The minimum Gasteiger partial charge on any atom is -0.388 e. The van der Waals surface area contributed by atoms with Gasteiger partial charge in [0.15, 0.2) is 6.23 Å². The van der Waals surface area contributed by atoms with Crippen molar-refractivity contribution < 1.29 is 19.7 Å². The van der Waals surface area contributed by atoms with E-state index in [9.17, 15) is 19.8 Å². The first-order chi connectivity index (χ1) is 13.0. The van der Waals surface area contributed by atoms with Crippen LogP contribution in [-0.4, -0.2) is 50.5 Å². The highest BCUT2D eigenvalue weighted by atomic mass is 16.6. The molecule has 0 bridgehead atoms. The van der Waals surface area contributed by atoms with Gasteiger partial charge in [0, 0.05) is 16.7 Å². The van der Waals surface area contributed by atoms with Crippen molar-refractivity contribution in [3.05, 3.63) is 69.1 Å². The lowest BCUT2D eigenvalue weighted by Crippen LogP contribution is -2.36. The monoisotopic (exact) mass is 372 g/mol. The average Bonchev–Trinajstić information content (AvgIpc) is 2.95. The van der Waals surface area contributed by atoms with Crippen LogP contribution >= 0.6 is 0 Å². The van der Waals surface area contributed by atoms with Crippen LogP contribution in [0.1, 0.15) is 16.6 Å². The summed E-state index contributed by atoms with van der Waals surface area (Å²) in [4.78, 5) is 30.7. The Morgan fingerprint density at radius 3 is 2.70 bits per heavy atom. The number of aromatic nitrogens is 2. The zero-order chi connectivity index (χ0) is 19.4. The summed E-state index contributed by atoms with van der Waals surface area (Å²) < 4.78 is 6.40. The second kappa shape index (κ2) is 7.98. The quantitative estimate of drug-likeness (QED) is 0.391. The Labute approximate surface area is 152 Å². The molecular formula is C16H16N6O5. The van der Waals surface area contributed by atoms with Crippen LogP contribution in [0.2, 0.25) is 0 Å². The first kappa shape index (κ1) is 18.5. The van der Waals surface area contributed by atoms with Gasteiger partial charge in [-0.2, -0.15) is 4.98 Å². The molecule has 11 nitrogen and oxygen atoms in total. The summed E-state index contributed by atoms with van der Waals surface area (Å²) in [5.41, 5.74) is 7.96. The largest absolute Gasteiger partial charge is 0.388 e. The summed E-state index contributed by atoms with van der Waals surface area (Å²) in [6.07, 6.45) is -3.60. The van der Waals surface area contributed by atoms with Crippen molar-refractivity contribution in [2.24, 2.45) is 5.11 Å². The number of nitrogens with zero attached hydrogens (tertiary/aromatic N) is 5. The first-order valence-electron chi connectivity index (χ1n) is 7.99. The number of hydrogen-bond donors (Lipinski definition) is 3. The van der Waals surface area contributed by atoms with Crippen molar-refractivity contribution in [1.29, 1.82) is 0 Å². The van der Waals surface area contributed by atoms with E-state index >= 15 is 0 Å². The normalized spacial score (nSPS) is 24.2. The second-order valence-electron chi connectivity index (χ2n) is 5.78. The zero-order valence-electron chi connectivity index (χ0n) is 13.9. The molecule has 1 fully saturated rings. The van der Waals surface area contributed by atoms with E-state index in [1.165, 1.54) is 12.3 Å². The Bertz CT molecular complexity index is 926. The number of nitrogens with one attached hydrogen (secondary N) is 1. The Morgan fingerprint density at radius 1 is 1.30 bits per heavy atom. The number of carbonyl (C=O) groups is 1. The first-order valence-corrected chi connectivity index (χ1v) is 7.99. The van der Waals surface area contributed by atoms with Crippen LogP contribution in [0.4, 0.5) is 5.82 Å². The molecule has 1 amide bonds. The van der Waals surface area contributed by atoms with Crippen molar-refractivity contribution in [3.63, 3.8) is 0 Å². The molecule has 3 rings (SSSR count). The van der Waals surface area contributed by atoms with Crippen LogP contribution < -0.4 is 11.0 Å². The fourth-order valence-electron chi connectivity index (χ4n) is 2.68. The van der Waals surface area contributed by atoms with Crippen LogP contribution in [0.3, 0.4) is 0 Å². The van der Waals surface area contributed by atoms with Gasteiger partial charge in [-0.3, -0.25) is 9.36 Å². The average molecular weight is 372 g/mol. The van der Waals surface area contributed by atoms with Crippen LogP contribution in [0.5, 0.6) is 0 Å². The van der Waals surface area contributed by atoms with Gasteiger partial charge in [-0.15, -0.1) is 0 Å². The number of amides is 1. The molecule has 0 spiro atoms. The van der Waals surface area contributed by atoms with Crippen molar-refractivity contribution in [3.8, 4) is 0 Å². The summed E-state index contributed by atoms with van der Waals surface area (Å²) in [6, 6.07) is 9.78. The number of aliphatic hydroxyl groups excluding tert-OH is 2. The number of ether oxygens (including phenoxy) is 1. The second-order valence-corrected chi connectivity index (χ2v) is 5.78. The minimum absolute atomic E-state index is 0.0313. The molecular weight excluding hydrogens is 356 g/mol. The van der Waals surface area contributed by atoms with Crippen molar-refractivity contribution in [1.82, 2.24) is 9.55 Å². The Kier molecular flexibility index (Phi) is 5.48. The number of carbonyl (C=O) groups excluding carboxylic acids is 1. The molecule has 4 atom stereocenters. The van der Waals surface area contributed by atoms with E-state index in [-0.39, 0.29) is 12.4 Å². The number of hydrogen-bond acceptors (Lipinski definition) is 7. The highest BCUT2D eigenvalue weighted by molar-refractivity contribution is 6.03. The summed E-state index contributed by atoms with van der Waals surface area (Å²) >= 11 is 0. The summed E-state index contributed by atoms with van der Waals surface area (Å²) in [5.74, 6) is -0.397. The van der Waals surface area contributed by atoms with E-state index in [0.717, 1.165) is 4.57 Å². The molecule has 1 aliphatic heterocycles. The van der Waals surface area contributed by atoms with Gasteiger partial charge in [0.1, 0.15) is 18.0 Å². The molecule has 0 radical (unpaired) electrons. The highest BCUT2D eigenvalue weighted by Crippen LogP contribution is 2.28. The van der Waals surface area contributed by atoms with E-state index in [1.54, 1.807) is 30.3 Å². The molecule has 3 N–H and O–H groups in total. The molecule has 1 aliphatic rings. The number of benzene rings is 1. The van der Waals surface area contributed by atoms with E-state index in [4.69, 9.17) is 10.3 Å². The summed E-state index contributed by atoms with van der Waals surface area (Å²) in [7, 11) is 0. The fraction of sp³-hybridized carbons (Fsp3) is 0.312. The predicted molar refractivity (Wildman–Crippen MR) is 92.8 cm³/mol. The standard InChI is InChI=1S/C16H16N6O5/c17-21-18-8-10-12(23)13(24)15(27-10)22-7-6-11(20-16(22)26)19-14(25)9-4-2-1-3-5-9/h1-7,10,12-13,15,23-24H,8H2,(H,19,20,25,26)/t10-,12?,13?,15-/m1/s1. The number of azide groups is 1. The number of rotatable bonds is 5. The highest BCUT2D eigenvalue weighted by Gasteiger charge is 2.43. The van der Waals surface area contributed by atoms with E-state index in [0.29, 0.717) is 5.56 Å². The molecule has 140 valence electrons. The van der Waals surface area contributed by atoms with Gasteiger partial charge in [0.05, 0.1) is 12.6 Å². The molecule has 0 aliphatic carbocycles. The lowest BCUT2D eigenvalue weighted by atomic mass is 10.1. The number of anilines is 1. The Hall–Kier alpha value is -3.24. The molecule has 0 saturated carbocycles. The fourth-order valence-corrected chi connectivity index (χ4v) is 2.68. The molecule has 1 saturated heterocycles. The van der Waals surface area contributed by atoms with Gasteiger partial charge in [0.25, 0.3) is 5.91 Å². The maximum atomic E-state index is 12.3. The van der Waals surface area contributed by atoms with Crippen LogP contribution in [0, 0.1) is 0 Å². The zero-order valence-corrected chi connectivity index (χ0v) is 13.9. The van der Waals surface area contributed by atoms with Crippen LogP contribution in [-0.2, 0) is 4.74 Å². The summed E-state index contributed by atoms with van der Waals surface area (Å²) in [5, 5.41) is 25.9. The Balaban J connectivity index is 1.76. The van der Waals surface area contributed by atoms with Gasteiger partial charge in [-0.25, -0.2) is 4.79 Å². The van der Waals surface area contributed by atoms with Crippen molar-refractivity contribution in [2.75, 3.05) is 11.9 Å². The molecule has 1 aromatic carbocycles. The van der Waals surface area contributed by atoms with Crippen molar-refractivity contribution in [2.45, 2.75) is 24.5 Å². The van der Waals surface area contributed by atoms with E-state index in [2.05, 4.69) is 20.3 Å². The minimum atomic E-state index is -1.41. The van der Waals surface area contributed by atoms with Crippen LogP contribution in [0.15, 0.2) is 52.5 Å². The van der Waals surface area contributed by atoms with Gasteiger partial charge in [-0.1, -0.05) is 23.3 Å². The predicted octanol–water partition coefficient (Wildman–Crippen LogP) is 0.425. The maximum Gasteiger partial charge on any atom is 0.351 e. The molecule has 2 aromatic rings. The van der Waals surface area contributed by atoms with E-state index in [1.807, 2.05) is 0 Å². The third-order valence-electron chi connectivity index (χ3n) is 4.04. The van der Waals surface area contributed by atoms with Crippen LogP contribution in [0.25, 0.3) is 10.4 Å². The Morgan fingerprint density at radius 2 is 2.04 bits per heavy atom. The van der Waals surface area contributed by atoms with Gasteiger partial charge >= 0.3 is 5.69 Å². The lowest BCUT2D eigenvalue weighted by Gasteiger charge is -2.17. The smallest absolute Gasteiger partial charge is 0.351 e. The summed E-state index contributed by atoms with van der Waals surface area (Å²) in [6.45, 7) is -0.196. The SMILES string of the molecule is [N-]=[N+]=NC[C@H]1O[C@@H](n2ccc(NC(=O)c3ccccc3)nc2=O)C(O)C1O. The molecule has 27 heavy (non-hydrogen) atoms. The van der Waals surface area contributed by atoms with E-state index < -0.39 is 36.1 Å². The lowest BCUT2D eigenvalue weighted by molar-refractivity contribution is -0.0371. The topological polar surface area (TPSA) is 162 Å². The molecule has 1 aromatic heterocycles. The third kappa shape index (κ3) is 3.96. The maximum absolute atomic E-state index is 12.3. The van der Waals surface area contributed by atoms with Gasteiger partial charge < -0.3 is 20.3 Å². The molecule has 2 heterocycles. The molecule has 11 heteroatoms. The van der Waals surface area contributed by atoms with Crippen molar-refractivity contribution >= 4 is 11.7 Å².